The summed E-state index contributed by atoms with van der Waals surface area (Å²) in [6, 6.07) is 6.93. The zero-order valence-electron chi connectivity index (χ0n) is 21.5. The van der Waals surface area contributed by atoms with Crippen molar-refractivity contribution in [3.05, 3.63) is 42.2 Å². The molecule has 0 aromatic carbocycles. The second kappa shape index (κ2) is 9.42. The topological polar surface area (TPSA) is 118 Å². The highest BCUT2D eigenvalue weighted by atomic mass is 16.6. The van der Waals surface area contributed by atoms with Crippen LogP contribution in [0.2, 0.25) is 0 Å². The molecule has 1 fully saturated rings. The molecule has 2 N–H and O–H groups in total. The van der Waals surface area contributed by atoms with Gasteiger partial charge in [-0.2, -0.15) is 0 Å². The number of fused-ring (bicyclic) bond motifs is 1. The number of aromatic nitrogens is 3. The Bertz CT molecular complexity index is 1290. The van der Waals surface area contributed by atoms with Crippen LogP contribution in [0.3, 0.4) is 0 Å². The molecule has 1 unspecified atom stereocenters. The lowest BCUT2D eigenvalue weighted by molar-refractivity contribution is -0.0773. The number of hydrogen-bond donors (Lipinski definition) is 2. The van der Waals surface area contributed by atoms with Gasteiger partial charge in [0.25, 0.3) is 0 Å². The van der Waals surface area contributed by atoms with Gasteiger partial charge in [-0.3, -0.25) is 14.1 Å². The maximum absolute atomic E-state index is 13.3. The van der Waals surface area contributed by atoms with Crippen molar-refractivity contribution in [3.8, 4) is 5.88 Å². The van der Waals surface area contributed by atoms with E-state index < -0.39 is 17.3 Å². The number of anilines is 3. The molecular formula is C26H33N5O5. The molecule has 192 valence electrons. The minimum absolute atomic E-state index is 0.0928. The first-order valence-corrected chi connectivity index (χ1v) is 11.9. The van der Waals surface area contributed by atoms with Gasteiger partial charge in [0.2, 0.25) is 5.88 Å². The lowest BCUT2D eigenvalue weighted by atomic mass is 9.68. The fourth-order valence-corrected chi connectivity index (χ4v) is 4.23. The predicted octanol–water partition coefficient (Wildman–Crippen LogP) is 4.59. The summed E-state index contributed by atoms with van der Waals surface area (Å²) in [4.78, 5) is 36.4. The molecule has 3 heterocycles. The Kier molecular flexibility index (Phi) is 6.66. The second-order valence-electron chi connectivity index (χ2n) is 10.4. The summed E-state index contributed by atoms with van der Waals surface area (Å²) in [7, 11) is 3.12. The van der Waals surface area contributed by atoms with Crippen molar-refractivity contribution in [1.82, 2.24) is 14.4 Å². The Labute approximate surface area is 210 Å². The first-order chi connectivity index (χ1) is 16.9. The Morgan fingerprint density at radius 3 is 2.69 bits per heavy atom. The van der Waals surface area contributed by atoms with E-state index in [1.165, 1.54) is 12.0 Å². The molecule has 1 saturated carbocycles. The molecule has 1 aliphatic rings. The summed E-state index contributed by atoms with van der Waals surface area (Å²) >= 11 is 0. The lowest BCUT2D eigenvalue weighted by Crippen LogP contribution is -2.45. The summed E-state index contributed by atoms with van der Waals surface area (Å²) in [5, 5.41) is 13.6. The number of aliphatic hydroxyl groups is 1. The number of carbonyl (C=O) groups excluding carboxylic acids is 2. The van der Waals surface area contributed by atoms with Gasteiger partial charge in [-0.1, -0.05) is 0 Å². The number of hydrogen-bond acceptors (Lipinski definition) is 8. The minimum Gasteiger partial charge on any atom is -0.480 e. The number of methoxy groups -OCH3 is 1. The number of pyridine rings is 1. The van der Waals surface area contributed by atoms with Gasteiger partial charge in [-0.25, -0.2) is 14.8 Å². The first-order valence-electron chi connectivity index (χ1n) is 11.9. The number of ether oxygens (including phenoxy) is 2. The van der Waals surface area contributed by atoms with Gasteiger partial charge in [0.1, 0.15) is 22.9 Å². The van der Waals surface area contributed by atoms with Gasteiger partial charge in [0.05, 0.1) is 18.3 Å². The van der Waals surface area contributed by atoms with Crippen molar-refractivity contribution in [2.24, 2.45) is 5.92 Å². The quantitative estimate of drug-likeness (QED) is 0.457. The molecule has 10 nitrogen and oxygen atoms in total. The van der Waals surface area contributed by atoms with E-state index in [1.807, 2.05) is 0 Å². The predicted molar refractivity (Wildman–Crippen MR) is 136 cm³/mol. The third-order valence-electron chi connectivity index (χ3n) is 6.45. The lowest BCUT2D eigenvalue weighted by Gasteiger charge is -2.42. The van der Waals surface area contributed by atoms with Gasteiger partial charge in [-0.15, -0.1) is 0 Å². The fourth-order valence-electron chi connectivity index (χ4n) is 4.23. The van der Waals surface area contributed by atoms with Crippen LogP contribution in [-0.4, -0.2) is 56.7 Å². The van der Waals surface area contributed by atoms with Crippen LogP contribution in [0.5, 0.6) is 5.88 Å². The normalized spacial score (nSPS) is 19.5. The van der Waals surface area contributed by atoms with Crippen LogP contribution in [0.1, 0.15) is 57.3 Å². The molecule has 0 radical (unpaired) electrons. The monoisotopic (exact) mass is 495 g/mol. The highest BCUT2D eigenvalue weighted by Gasteiger charge is 2.42. The molecule has 4 rings (SSSR count). The van der Waals surface area contributed by atoms with Crippen LogP contribution < -0.4 is 15.0 Å². The third kappa shape index (κ3) is 5.13. The molecular weight excluding hydrogens is 462 g/mol. The summed E-state index contributed by atoms with van der Waals surface area (Å²) in [6.45, 7) is 7.15. The maximum atomic E-state index is 13.3. The van der Waals surface area contributed by atoms with E-state index >= 15 is 0 Å². The summed E-state index contributed by atoms with van der Waals surface area (Å²) in [5.74, 6) is 1.01. The first kappa shape index (κ1) is 25.4. The van der Waals surface area contributed by atoms with Crippen molar-refractivity contribution < 1.29 is 24.2 Å². The molecule has 0 bridgehead atoms. The van der Waals surface area contributed by atoms with E-state index in [9.17, 15) is 14.7 Å². The Morgan fingerprint density at radius 2 is 2.08 bits per heavy atom. The van der Waals surface area contributed by atoms with Crippen LogP contribution >= 0.6 is 0 Å². The molecule has 36 heavy (non-hydrogen) atoms. The molecule has 3 aromatic heterocycles. The summed E-state index contributed by atoms with van der Waals surface area (Å²) in [6.07, 6.45) is 4.48. The molecule has 0 aliphatic heterocycles. The Hall–Kier alpha value is -3.66. The standard InChI is InChI=1S/C26H33N5O5/c1-25(2,3)36-24(33)30(5)21-15-20(28-18-8-7-12-27-23(18)35-6)29-22-17(10-13-31(21)22)19(32)14-16-9-11-26(16,4)34/h7-8,10,12-13,15-16,34H,9,11,14H2,1-6H3,(H,28,29)/t16?,26-/m1/s1. The average molecular weight is 496 g/mol. The average Bonchev–Trinajstić information content (AvgIpc) is 3.24. The summed E-state index contributed by atoms with van der Waals surface area (Å²) in [5.41, 5.74) is -0.132. The largest absolute Gasteiger partial charge is 0.480 e. The number of amides is 1. The van der Waals surface area contributed by atoms with Gasteiger partial charge < -0.3 is 19.9 Å². The van der Waals surface area contributed by atoms with Crippen molar-refractivity contribution >= 4 is 34.8 Å². The van der Waals surface area contributed by atoms with E-state index in [0.717, 1.165) is 6.42 Å². The highest BCUT2D eigenvalue weighted by Crippen LogP contribution is 2.41. The van der Waals surface area contributed by atoms with Crippen LogP contribution in [0.4, 0.5) is 22.1 Å². The molecule has 0 saturated heterocycles. The summed E-state index contributed by atoms with van der Waals surface area (Å²) < 4.78 is 12.6. The van der Waals surface area contributed by atoms with Crippen molar-refractivity contribution in [2.75, 3.05) is 24.4 Å². The maximum Gasteiger partial charge on any atom is 0.415 e. The number of rotatable bonds is 7. The van der Waals surface area contributed by atoms with Gasteiger partial charge >= 0.3 is 6.09 Å². The number of nitrogens with one attached hydrogen (secondary N) is 1. The second-order valence-corrected chi connectivity index (χ2v) is 10.4. The van der Waals surface area contributed by atoms with E-state index in [4.69, 9.17) is 14.5 Å². The van der Waals surface area contributed by atoms with Gasteiger partial charge in [0.15, 0.2) is 11.4 Å². The molecule has 0 spiro atoms. The minimum atomic E-state index is -0.829. The zero-order chi connectivity index (χ0) is 26.3. The number of ketones is 1. The highest BCUT2D eigenvalue weighted by molar-refractivity contribution is 6.02. The van der Waals surface area contributed by atoms with Crippen molar-refractivity contribution in [3.63, 3.8) is 0 Å². The SMILES string of the molecule is COc1ncccc1Nc1cc(N(C)C(=O)OC(C)(C)C)n2ccc(C(=O)CC3CC[C@@]3(C)O)c2n1. The zero-order valence-corrected chi connectivity index (χ0v) is 21.5. The fraction of sp³-hybridized carbons (Fsp3) is 0.462. The smallest absolute Gasteiger partial charge is 0.415 e. The van der Waals surface area contributed by atoms with Gasteiger partial charge in [-0.05, 0) is 64.7 Å². The number of carbonyl (C=O) groups is 2. The Morgan fingerprint density at radius 1 is 1.33 bits per heavy atom. The van der Waals surface area contributed by atoms with E-state index in [2.05, 4.69) is 10.3 Å². The van der Waals surface area contributed by atoms with Crippen LogP contribution in [0, 0.1) is 5.92 Å². The van der Waals surface area contributed by atoms with E-state index in [1.54, 1.807) is 75.8 Å². The molecule has 10 heteroatoms. The van der Waals surface area contributed by atoms with Crippen LogP contribution in [-0.2, 0) is 4.74 Å². The molecule has 1 aliphatic carbocycles. The van der Waals surface area contributed by atoms with Crippen LogP contribution in [0.25, 0.3) is 5.65 Å². The molecule has 2 atom stereocenters. The van der Waals surface area contributed by atoms with E-state index in [-0.39, 0.29) is 18.1 Å². The van der Waals surface area contributed by atoms with Gasteiger partial charge in [0, 0.05) is 31.9 Å². The Balaban J connectivity index is 1.76. The van der Waals surface area contributed by atoms with Crippen molar-refractivity contribution in [2.45, 2.75) is 58.2 Å². The third-order valence-corrected chi connectivity index (χ3v) is 6.45. The molecule has 3 aromatic rings. The van der Waals surface area contributed by atoms with E-state index in [0.29, 0.717) is 40.8 Å². The number of nitrogens with zero attached hydrogens (tertiary/aromatic N) is 4. The van der Waals surface area contributed by atoms with Crippen LogP contribution in [0.15, 0.2) is 36.7 Å². The molecule has 1 amide bonds. The van der Waals surface area contributed by atoms with Crippen molar-refractivity contribution in [1.29, 1.82) is 0 Å². The number of Topliss-reactive ketones (excluding diaryl/α,β-unsaturated/α-hetero) is 1.